The van der Waals surface area contributed by atoms with Crippen molar-refractivity contribution in [3.63, 3.8) is 0 Å². The lowest BCUT2D eigenvalue weighted by Crippen LogP contribution is -2.49. The quantitative estimate of drug-likeness (QED) is 0.595. The van der Waals surface area contributed by atoms with Crippen LogP contribution in [0.5, 0.6) is 0 Å². The highest BCUT2D eigenvalue weighted by atomic mass is 16.2. The van der Waals surface area contributed by atoms with Crippen LogP contribution in [0.1, 0.15) is 65.5 Å². The summed E-state index contributed by atoms with van der Waals surface area (Å²) in [5.41, 5.74) is 2.81. The van der Waals surface area contributed by atoms with Crippen LogP contribution in [0.4, 0.5) is 0 Å². The van der Waals surface area contributed by atoms with Crippen LogP contribution in [0.3, 0.4) is 0 Å². The molecule has 0 aliphatic carbocycles. The van der Waals surface area contributed by atoms with E-state index in [4.69, 9.17) is 0 Å². The van der Waals surface area contributed by atoms with Gasteiger partial charge in [0, 0.05) is 25.6 Å². The van der Waals surface area contributed by atoms with Gasteiger partial charge in [0.25, 0.3) is 11.8 Å². The first-order valence-corrected chi connectivity index (χ1v) is 11.3. The number of nitrogens with zero attached hydrogens (tertiary/aromatic N) is 2. The molecule has 7 heteroatoms. The molecule has 0 spiro atoms. The van der Waals surface area contributed by atoms with E-state index in [0.29, 0.717) is 24.1 Å². The summed E-state index contributed by atoms with van der Waals surface area (Å²) in [6, 6.07) is 13.9. The molecule has 1 atom stereocenters. The lowest BCUT2D eigenvalue weighted by molar-refractivity contribution is -0.140. The molecule has 4 amide bonds. The van der Waals surface area contributed by atoms with Gasteiger partial charge in [-0.05, 0) is 51.8 Å². The van der Waals surface area contributed by atoms with Crippen LogP contribution in [-0.4, -0.2) is 52.1 Å². The molecule has 1 aliphatic heterocycles. The molecular formula is C26H31N3O4. The zero-order chi connectivity index (χ0) is 24.1. The molecule has 1 N–H and O–H groups in total. The normalized spacial score (nSPS) is 13.8. The van der Waals surface area contributed by atoms with Crippen LogP contribution in [0.15, 0.2) is 48.5 Å². The van der Waals surface area contributed by atoms with Crippen molar-refractivity contribution in [1.82, 2.24) is 15.1 Å². The average Bonchev–Trinajstić information content (AvgIpc) is 3.01. The number of aryl methyl sites for hydroxylation is 1. The number of fused-ring (bicyclic) bond motifs is 1. The minimum absolute atomic E-state index is 0.0373. The predicted molar refractivity (Wildman–Crippen MR) is 126 cm³/mol. The van der Waals surface area contributed by atoms with E-state index >= 15 is 0 Å². The number of carbonyl (C=O) groups excluding carboxylic acids is 4. The van der Waals surface area contributed by atoms with Crippen molar-refractivity contribution < 1.29 is 19.2 Å². The summed E-state index contributed by atoms with van der Waals surface area (Å²) in [7, 11) is 0. The number of nitrogens with one attached hydrogen (secondary N) is 1. The van der Waals surface area contributed by atoms with Gasteiger partial charge in [-0.3, -0.25) is 24.1 Å². The van der Waals surface area contributed by atoms with Crippen molar-refractivity contribution in [1.29, 1.82) is 0 Å². The molecule has 1 heterocycles. The summed E-state index contributed by atoms with van der Waals surface area (Å²) in [6.07, 6.45) is 0.450. The molecule has 0 aromatic heterocycles. The van der Waals surface area contributed by atoms with Crippen molar-refractivity contribution in [3.05, 3.63) is 70.8 Å². The summed E-state index contributed by atoms with van der Waals surface area (Å²) in [4.78, 5) is 53.7. The molecule has 174 valence electrons. The van der Waals surface area contributed by atoms with Gasteiger partial charge in [-0.2, -0.15) is 0 Å². The largest absolute Gasteiger partial charge is 0.352 e. The number of benzene rings is 2. The van der Waals surface area contributed by atoms with E-state index in [9.17, 15) is 19.2 Å². The first-order chi connectivity index (χ1) is 15.7. The Labute approximate surface area is 194 Å². The third-order valence-corrected chi connectivity index (χ3v) is 5.68. The van der Waals surface area contributed by atoms with Crippen LogP contribution < -0.4 is 5.32 Å². The fourth-order valence-corrected chi connectivity index (χ4v) is 3.97. The van der Waals surface area contributed by atoms with Crippen molar-refractivity contribution in [2.45, 2.75) is 59.2 Å². The van der Waals surface area contributed by atoms with Gasteiger partial charge in [0.2, 0.25) is 11.8 Å². The monoisotopic (exact) mass is 449 g/mol. The van der Waals surface area contributed by atoms with E-state index in [-0.39, 0.29) is 42.6 Å². The molecule has 33 heavy (non-hydrogen) atoms. The predicted octanol–water partition coefficient (Wildman–Crippen LogP) is 3.31. The molecular weight excluding hydrogens is 418 g/mol. The molecule has 0 radical (unpaired) electrons. The van der Waals surface area contributed by atoms with Gasteiger partial charge < -0.3 is 10.2 Å². The third-order valence-electron chi connectivity index (χ3n) is 5.68. The number of imide groups is 1. The van der Waals surface area contributed by atoms with Crippen molar-refractivity contribution in [3.8, 4) is 0 Å². The SMILES string of the molecule is Cc1cccc(CN(C(=O)CCCN2C(=O)c3ccccc3C2=O)C(C)C(=O)NC(C)C)c1. The summed E-state index contributed by atoms with van der Waals surface area (Å²) in [5, 5.41) is 2.87. The Morgan fingerprint density at radius 1 is 0.970 bits per heavy atom. The number of rotatable bonds is 9. The molecule has 0 bridgehead atoms. The van der Waals surface area contributed by atoms with Crippen LogP contribution >= 0.6 is 0 Å². The molecule has 1 aliphatic rings. The maximum absolute atomic E-state index is 13.2. The first-order valence-electron chi connectivity index (χ1n) is 11.3. The zero-order valence-electron chi connectivity index (χ0n) is 19.6. The second-order valence-electron chi connectivity index (χ2n) is 8.76. The Balaban J connectivity index is 1.67. The molecule has 0 fully saturated rings. The molecule has 2 aromatic rings. The topological polar surface area (TPSA) is 86.8 Å². The second kappa shape index (κ2) is 10.4. The Morgan fingerprint density at radius 3 is 2.18 bits per heavy atom. The fraction of sp³-hybridized carbons (Fsp3) is 0.385. The van der Waals surface area contributed by atoms with E-state index < -0.39 is 6.04 Å². The van der Waals surface area contributed by atoms with E-state index in [1.807, 2.05) is 45.0 Å². The van der Waals surface area contributed by atoms with Crippen LogP contribution in [-0.2, 0) is 16.1 Å². The standard InChI is InChI=1S/C26H31N3O4/c1-17(2)27-24(31)19(4)29(16-20-10-7-9-18(3)15-20)23(30)13-8-14-28-25(32)21-11-5-6-12-22(21)26(28)33/h5-7,9-12,15,17,19H,8,13-14,16H2,1-4H3,(H,27,31). The lowest BCUT2D eigenvalue weighted by atomic mass is 10.1. The average molecular weight is 450 g/mol. The number of hydrogen-bond acceptors (Lipinski definition) is 4. The van der Waals surface area contributed by atoms with Crippen LogP contribution in [0.25, 0.3) is 0 Å². The number of hydrogen-bond donors (Lipinski definition) is 1. The number of amides is 4. The van der Waals surface area contributed by atoms with Gasteiger partial charge >= 0.3 is 0 Å². The molecule has 0 saturated heterocycles. The third kappa shape index (κ3) is 5.66. The maximum atomic E-state index is 13.2. The van der Waals surface area contributed by atoms with Gasteiger partial charge in [0.05, 0.1) is 11.1 Å². The first kappa shape index (κ1) is 24.2. The van der Waals surface area contributed by atoms with Gasteiger partial charge in [-0.15, -0.1) is 0 Å². The smallest absolute Gasteiger partial charge is 0.261 e. The highest BCUT2D eigenvalue weighted by molar-refractivity contribution is 6.21. The van der Waals surface area contributed by atoms with E-state index in [2.05, 4.69) is 5.32 Å². The fourth-order valence-electron chi connectivity index (χ4n) is 3.97. The molecule has 1 unspecified atom stereocenters. The minimum atomic E-state index is -0.653. The Bertz CT molecular complexity index is 1030. The van der Waals surface area contributed by atoms with Gasteiger partial charge in [-0.1, -0.05) is 42.0 Å². The second-order valence-corrected chi connectivity index (χ2v) is 8.76. The molecule has 2 aromatic carbocycles. The molecule has 7 nitrogen and oxygen atoms in total. The Kier molecular flexibility index (Phi) is 7.63. The van der Waals surface area contributed by atoms with Crippen molar-refractivity contribution in [2.24, 2.45) is 0 Å². The summed E-state index contributed by atoms with van der Waals surface area (Å²) in [5.74, 6) is -1.07. The van der Waals surface area contributed by atoms with Gasteiger partial charge in [0.15, 0.2) is 0 Å². The molecule has 0 saturated carbocycles. The highest BCUT2D eigenvalue weighted by Gasteiger charge is 2.35. The zero-order valence-corrected chi connectivity index (χ0v) is 19.6. The van der Waals surface area contributed by atoms with E-state index in [0.717, 1.165) is 11.1 Å². The Hall–Kier alpha value is -3.48. The Morgan fingerprint density at radius 2 is 1.61 bits per heavy atom. The highest BCUT2D eigenvalue weighted by Crippen LogP contribution is 2.23. The lowest BCUT2D eigenvalue weighted by Gasteiger charge is -2.29. The van der Waals surface area contributed by atoms with E-state index in [1.54, 1.807) is 36.1 Å². The van der Waals surface area contributed by atoms with Gasteiger partial charge in [-0.25, -0.2) is 0 Å². The van der Waals surface area contributed by atoms with Crippen LogP contribution in [0, 0.1) is 6.92 Å². The van der Waals surface area contributed by atoms with E-state index in [1.165, 1.54) is 4.90 Å². The van der Waals surface area contributed by atoms with Gasteiger partial charge in [0.1, 0.15) is 6.04 Å². The van der Waals surface area contributed by atoms with Crippen molar-refractivity contribution in [2.75, 3.05) is 6.54 Å². The minimum Gasteiger partial charge on any atom is -0.352 e. The summed E-state index contributed by atoms with van der Waals surface area (Å²) < 4.78 is 0. The summed E-state index contributed by atoms with van der Waals surface area (Å²) in [6.45, 7) is 7.91. The van der Waals surface area contributed by atoms with Crippen LogP contribution in [0.2, 0.25) is 0 Å². The van der Waals surface area contributed by atoms with Crippen molar-refractivity contribution >= 4 is 23.6 Å². The molecule has 3 rings (SSSR count). The number of carbonyl (C=O) groups is 4. The summed E-state index contributed by atoms with van der Waals surface area (Å²) >= 11 is 0. The maximum Gasteiger partial charge on any atom is 0.261 e.